The highest BCUT2D eigenvalue weighted by molar-refractivity contribution is 6.31. The second kappa shape index (κ2) is 4.62. The summed E-state index contributed by atoms with van der Waals surface area (Å²) in [5, 5.41) is 9.02. The van der Waals surface area contributed by atoms with E-state index in [0.29, 0.717) is 0 Å². The average Bonchev–Trinajstić information content (AvgIpc) is 1.98. The van der Waals surface area contributed by atoms with E-state index in [2.05, 4.69) is 17.9 Å². The Morgan fingerprint density at radius 1 is 1.58 bits per heavy atom. The number of methoxy groups -OCH3 is 1. The summed E-state index contributed by atoms with van der Waals surface area (Å²) in [6.45, 7) is 6.49. The number of carbonyl (C=O) groups is 1. The Balaban J connectivity index is 4.79. The molecule has 0 aliphatic rings. The van der Waals surface area contributed by atoms with E-state index in [4.69, 9.17) is 16.7 Å². The van der Waals surface area contributed by atoms with Crippen molar-refractivity contribution in [3.05, 3.63) is 35.6 Å². The van der Waals surface area contributed by atoms with Crippen LogP contribution in [0, 0.1) is 0 Å². The molecule has 0 spiro atoms. The van der Waals surface area contributed by atoms with Crippen LogP contribution in [0.5, 0.6) is 0 Å². The lowest BCUT2D eigenvalue weighted by atomic mass is 10.2. The number of esters is 1. The van der Waals surface area contributed by atoms with Crippen LogP contribution in [0.4, 0.5) is 0 Å². The minimum Gasteiger partial charge on any atom is -0.508 e. The molecule has 4 heteroatoms. The molecule has 0 heterocycles. The number of aliphatic hydroxyl groups excluding tert-OH is 1. The Morgan fingerprint density at radius 2 is 2.08 bits per heavy atom. The second-order valence-electron chi connectivity index (χ2n) is 1.94. The fourth-order valence-electron chi connectivity index (χ4n) is 0.527. The Morgan fingerprint density at radius 3 is 2.33 bits per heavy atom. The zero-order chi connectivity index (χ0) is 9.72. The van der Waals surface area contributed by atoms with Crippen molar-refractivity contribution in [3.63, 3.8) is 0 Å². The van der Waals surface area contributed by atoms with Crippen LogP contribution >= 0.6 is 11.6 Å². The largest absolute Gasteiger partial charge is 0.508 e. The molecule has 0 atom stereocenters. The van der Waals surface area contributed by atoms with Gasteiger partial charge < -0.3 is 9.84 Å². The summed E-state index contributed by atoms with van der Waals surface area (Å²) in [6.07, 6.45) is 1.18. The Labute approximate surface area is 75.6 Å². The quantitative estimate of drug-likeness (QED) is 0.319. The highest BCUT2D eigenvalue weighted by Gasteiger charge is 2.12. The van der Waals surface area contributed by atoms with Crippen LogP contribution in [-0.4, -0.2) is 18.2 Å². The van der Waals surface area contributed by atoms with E-state index in [1.165, 1.54) is 13.2 Å². The third-order valence-electron chi connectivity index (χ3n) is 1.02. The lowest BCUT2D eigenvalue weighted by Gasteiger charge is -2.01. The van der Waals surface area contributed by atoms with Crippen LogP contribution in [0.2, 0.25) is 0 Å². The van der Waals surface area contributed by atoms with E-state index in [9.17, 15) is 4.79 Å². The fraction of sp³-hybridized carbons (Fsp3) is 0.125. The summed E-state index contributed by atoms with van der Waals surface area (Å²) in [4.78, 5) is 10.9. The van der Waals surface area contributed by atoms with Gasteiger partial charge in [-0.2, -0.15) is 0 Å². The fourth-order valence-corrected chi connectivity index (χ4v) is 0.636. The van der Waals surface area contributed by atoms with Gasteiger partial charge in [0.1, 0.15) is 11.3 Å². The molecular formula is C8H9ClO3. The van der Waals surface area contributed by atoms with Crippen molar-refractivity contribution in [2.45, 2.75) is 0 Å². The normalized spacial score (nSPS) is 10.7. The minimum absolute atomic E-state index is 0.0995. The molecule has 66 valence electrons. The third-order valence-corrected chi connectivity index (χ3v) is 1.13. The van der Waals surface area contributed by atoms with Gasteiger partial charge in [-0.15, -0.1) is 0 Å². The van der Waals surface area contributed by atoms with E-state index in [1.807, 2.05) is 0 Å². The number of halogens is 1. The molecule has 0 fully saturated rings. The van der Waals surface area contributed by atoms with Gasteiger partial charge in [0.25, 0.3) is 0 Å². The first kappa shape index (κ1) is 10.8. The van der Waals surface area contributed by atoms with Crippen LogP contribution in [0.15, 0.2) is 35.6 Å². The van der Waals surface area contributed by atoms with E-state index in [-0.39, 0.29) is 10.6 Å². The van der Waals surface area contributed by atoms with Gasteiger partial charge in [0.15, 0.2) is 0 Å². The van der Waals surface area contributed by atoms with Crippen molar-refractivity contribution >= 4 is 17.6 Å². The predicted molar refractivity (Wildman–Crippen MR) is 46.9 cm³/mol. The molecule has 0 saturated carbocycles. The van der Waals surface area contributed by atoms with Crippen molar-refractivity contribution < 1.29 is 14.6 Å². The number of rotatable bonds is 3. The van der Waals surface area contributed by atoms with Gasteiger partial charge in [-0.1, -0.05) is 24.8 Å². The predicted octanol–water partition coefficient (Wildman–Crippen LogP) is 1.91. The van der Waals surface area contributed by atoms with E-state index in [0.717, 1.165) is 0 Å². The van der Waals surface area contributed by atoms with Crippen molar-refractivity contribution in [1.82, 2.24) is 0 Å². The van der Waals surface area contributed by atoms with Crippen LogP contribution in [0.3, 0.4) is 0 Å². The summed E-state index contributed by atoms with van der Waals surface area (Å²) in [7, 11) is 1.19. The van der Waals surface area contributed by atoms with Crippen LogP contribution in [0.1, 0.15) is 0 Å². The number of carbonyl (C=O) groups excluding carboxylic acids is 1. The van der Waals surface area contributed by atoms with E-state index < -0.39 is 11.7 Å². The molecule has 12 heavy (non-hydrogen) atoms. The summed E-state index contributed by atoms with van der Waals surface area (Å²) in [5.74, 6) is -1.10. The van der Waals surface area contributed by atoms with Crippen LogP contribution in [-0.2, 0) is 9.53 Å². The molecule has 0 radical (unpaired) electrons. The Hall–Kier alpha value is -1.22. The number of ether oxygens (including phenoxy) is 1. The van der Waals surface area contributed by atoms with Crippen molar-refractivity contribution in [3.8, 4) is 0 Å². The maximum absolute atomic E-state index is 10.9. The summed E-state index contributed by atoms with van der Waals surface area (Å²) >= 11 is 5.39. The lowest BCUT2D eigenvalue weighted by molar-refractivity contribution is -0.136. The lowest BCUT2D eigenvalue weighted by Crippen LogP contribution is -2.06. The van der Waals surface area contributed by atoms with Gasteiger partial charge in [-0.25, -0.2) is 4.79 Å². The molecule has 0 rings (SSSR count). The molecule has 0 amide bonds. The summed E-state index contributed by atoms with van der Waals surface area (Å²) < 4.78 is 4.35. The standard InChI is InChI=1S/C8H9ClO3/c1-5(9)4-7(6(2)10)8(11)12-3/h4,10H,1-2H2,3H3/b7-4+. The molecule has 0 saturated heterocycles. The zero-order valence-corrected chi connectivity index (χ0v) is 7.39. The van der Waals surface area contributed by atoms with Gasteiger partial charge >= 0.3 is 5.97 Å². The molecule has 0 bridgehead atoms. The van der Waals surface area contributed by atoms with Gasteiger partial charge in [-0.3, -0.25) is 0 Å². The highest BCUT2D eigenvalue weighted by atomic mass is 35.5. The number of hydrogen-bond donors (Lipinski definition) is 1. The number of aliphatic hydroxyl groups is 1. The molecule has 0 aliphatic carbocycles. The monoisotopic (exact) mass is 188 g/mol. The summed E-state index contributed by atoms with van der Waals surface area (Å²) in [5.41, 5.74) is -0.0995. The SMILES string of the molecule is C=C(Cl)/C=C(\C(=C)O)C(=O)OC. The third kappa shape index (κ3) is 3.25. The first-order valence-electron chi connectivity index (χ1n) is 3.01. The second-order valence-corrected chi connectivity index (χ2v) is 2.43. The van der Waals surface area contributed by atoms with Gasteiger partial charge in [0.05, 0.1) is 7.11 Å². The van der Waals surface area contributed by atoms with Crippen molar-refractivity contribution in [1.29, 1.82) is 0 Å². The van der Waals surface area contributed by atoms with Gasteiger partial charge in [0, 0.05) is 5.03 Å². The first-order chi connectivity index (χ1) is 5.49. The maximum atomic E-state index is 10.9. The summed E-state index contributed by atoms with van der Waals surface area (Å²) in [6, 6.07) is 0. The van der Waals surface area contributed by atoms with E-state index in [1.54, 1.807) is 0 Å². The molecule has 0 unspecified atom stereocenters. The van der Waals surface area contributed by atoms with Crippen LogP contribution in [0.25, 0.3) is 0 Å². The smallest absolute Gasteiger partial charge is 0.341 e. The highest BCUT2D eigenvalue weighted by Crippen LogP contribution is 2.11. The molecule has 3 nitrogen and oxygen atoms in total. The molecule has 0 aliphatic heterocycles. The van der Waals surface area contributed by atoms with Gasteiger partial charge in [-0.05, 0) is 6.08 Å². The molecule has 0 aromatic carbocycles. The Bertz CT molecular complexity index is 253. The molecule has 0 aromatic rings. The Kier molecular flexibility index (Phi) is 4.15. The average molecular weight is 189 g/mol. The van der Waals surface area contributed by atoms with Crippen molar-refractivity contribution in [2.75, 3.05) is 7.11 Å². The molecule has 1 N–H and O–H groups in total. The van der Waals surface area contributed by atoms with Gasteiger partial charge in [0.2, 0.25) is 0 Å². The topological polar surface area (TPSA) is 46.5 Å². The van der Waals surface area contributed by atoms with Crippen LogP contribution < -0.4 is 0 Å². The molecule has 0 aromatic heterocycles. The van der Waals surface area contributed by atoms with E-state index >= 15 is 0 Å². The minimum atomic E-state index is -0.704. The number of allylic oxidation sites excluding steroid dienone is 2. The van der Waals surface area contributed by atoms with Crippen molar-refractivity contribution in [2.24, 2.45) is 0 Å². The first-order valence-corrected chi connectivity index (χ1v) is 3.39. The number of hydrogen-bond acceptors (Lipinski definition) is 3. The maximum Gasteiger partial charge on any atom is 0.341 e. The molecular weight excluding hydrogens is 180 g/mol. The zero-order valence-electron chi connectivity index (χ0n) is 6.63.